The van der Waals surface area contributed by atoms with Crippen LogP contribution in [0.25, 0.3) is 0 Å². The molecule has 1 aromatic rings. The van der Waals surface area contributed by atoms with Gasteiger partial charge in [-0.15, -0.1) is 0 Å². The first-order chi connectivity index (χ1) is 9.43. The van der Waals surface area contributed by atoms with E-state index in [1.165, 1.54) is 6.07 Å². The Morgan fingerprint density at radius 2 is 2.05 bits per heavy atom. The average molecular weight is 280 g/mol. The number of nitrogens with one attached hydrogen (secondary N) is 1. The number of benzene rings is 1. The number of nitro groups is 1. The predicted molar refractivity (Wildman–Crippen MR) is 80.0 cm³/mol. The topological polar surface area (TPSA) is 64.4 Å². The highest BCUT2D eigenvalue weighted by Gasteiger charge is 2.17. The second-order valence-corrected chi connectivity index (χ2v) is 5.42. The van der Waals surface area contributed by atoms with E-state index in [1.807, 2.05) is 13.8 Å². The minimum absolute atomic E-state index is 0.0258. The summed E-state index contributed by atoms with van der Waals surface area (Å²) in [6.45, 7) is 9.78. The van der Waals surface area contributed by atoms with Gasteiger partial charge in [0.15, 0.2) is 5.75 Å². The minimum Gasteiger partial charge on any atom is -0.484 e. The summed E-state index contributed by atoms with van der Waals surface area (Å²) in [5.74, 6) is 0.928. The summed E-state index contributed by atoms with van der Waals surface area (Å²) in [4.78, 5) is 10.6. The maximum atomic E-state index is 11.0. The summed E-state index contributed by atoms with van der Waals surface area (Å²) in [6, 6.07) is 5.05. The lowest BCUT2D eigenvalue weighted by Gasteiger charge is -2.14. The van der Waals surface area contributed by atoms with Crippen molar-refractivity contribution in [2.24, 2.45) is 5.92 Å². The number of hydrogen-bond donors (Lipinski definition) is 1. The molecule has 0 spiro atoms. The van der Waals surface area contributed by atoms with Gasteiger partial charge in [0.1, 0.15) is 0 Å². The van der Waals surface area contributed by atoms with Gasteiger partial charge >= 0.3 is 5.69 Å². The molecule has 0 aromatic heterocycles. The van der Waals surface area contributed by atoms with Crippen molar-refractivity contribution in [3.8, 4) is 5.75 Å². The molecule has 0 saturated heterocycles. The van der Waals surface area contributed by atoms with E-state index in [-0.39, 0.29) is 11.8 Å². The first-order valence-corrected chi connectivity index (χ1v) is 7.08. The van der Waals surface area contributed by atoms with Gasteiger partial charge in [0.05, 0.1) is 11.0 Å². The molecule has 0 fully saturated rings. The summed E-state index contributed by atoms with van der Waals surface area (Å²) in [6.07, 6.45) is 0.778. The van der Waals surface area contributed by atoms with Crippen LogP contribution in [-0.2, 0) is 6.54 Å². The SMILES string of the molecule is CCC(C)Oc1cc(CNCC(C)C)ccc1[N+](=O)[O-]. The van der Waals surface area contributed by atoms with Crippen LogP contribution in [0, 0.1) is 16.0 Å². The lowest BCUT2D eigenvalue weighted by molar-refractivity contribution is -0.386. The molecule has 1 rings (SSSR count). The Morgan fingerprint density at radius 1 is 1.35 bits per heavy atom. The van der Waals surface area contributed by atoms with E-state index >= 15 is 0 Å². The summed E-state index contributed by atoms with van der Waals surface area (Å²) in [5.41, 5.74) is 1.02. The third-order valence-corrected chi connectivity index (χ3v) is 3.01. The second-order valence-electron chi connectivity index (χ2n) is 5.42. The van der Waals surface area contributed by atoms with Crippen LogP contribution in [0.3, 0.4) is 0 Å². The fourth-order valence-corrected chi connectivity index (χ4v) is 1.72. The van der Waals surface area contributed by atoms with Gasteiger partial charge in [-0.2, -0.15) is 0 Å². The molecular weight excluding hydrogens is 256 g/mol. The zero-order chi connectivity index (χ0) is 15.1. The first kappa shape index (κ1) is 16.4. The van der Waals surface area contributed by atoms with Crippen LogP contribution in [0.4, 0.5) is 5.69 Å². The number of hydrogen-bond acceptors (Lipinski definition) is 4. The lowest BCUT2D eigenvalue weighted by atomic mass is 10.1. The molecule has 0 bridgehead atoms. The van der Waals surface area contributed by atoms with Gasteiger partial charge in [-0.3, -0.25) is 10.1 Å². The fourth-order valence-electron chi connectivity index (χ4n) is 1.72. The van der Waals surface area contributed by atoms with Crippen LogP contribution in [-0.4, -0.2) is 17.6 Å². The molecule has 0 saturated carbocycles. The highest BCUT2D eigenvalue weighted by Crippen LogP contribution is 2.29. The third-order valence-electron chi connectivity index (χ3n) is 3.01. The van der Waals surface area contributed by atoms with Gasteiger partial charge < -0.3 is 10.1 Å². The lowest BCUT2D eigenvalue weighted by Crippen LogP contribution is -2.19. The molecule has 5 nitrogen and oxygen atoms in total. The van der Waals surface area contributed by atoms with Crippen LogP contribution in [0.15, 0.2) is 18.2 Å². The van der Waals surface area contributed by atoms with Crippen molar-refractivity contribution in [1.29, 1.82) is 0 Å². The van der Waals surface area contributed by atoms with Crippen LogP contribution < -0.4 is 10.1 Å². The van der Waals surface area contributed by atoms with Gasteiger partial charge in [0, 0.05) is 12.6 Å². The molecule has 1 atom stereocenters. The standard InChI is InChI=1S/C15H24N2O3/c1-5-12(4)20-15-8-13(10-16-9-11(2)3)6-7-14(15)17(18)19/h6-8,11-12,16H,5,9-10H2,1-4H3. The van der Waals surface area contributed by atoms with Gasteiger partial charge in [-0.1, -0.05) is 26.8 Å². The fraction of sp³-hybridized carbons (Fsp3) is 0.600. The molecule has 1 unspecified atom stereocenters. The maximum absolute atomic E-state index is 11.0. The van der Waals surface area contributed by atoms with Crippen LogP contribution in [0.2, 0.25) is 0 Å². The number of nitrogens with zero attached hydrogens (tertiary/aromatic N) is 1. The molecule has 0 radical (unpaired) electrons. The third kappa shape index (κ3) is 5.17. The number of nitro benzene ring substituents is 1. The van der Waals surface area contributed by atoms with Crippen molar-refractivity contribution in [1.82, 2.24) is 5.32 Å². The molecule has 20 heavy (non-hydrogen) atoms. The quantitative estimate of drug-likeness (QED) is 0.584. The van der Waals surface area contributed by atoms with E-state index in [2.05, 4.69) is 19.2 Å². The van der Waals surface area contributed by atoms with Gasteiger partial charge in [0.25, 0.3) is 0 Å². The molecule has 0 heterocycles. The van der Waals surface area contributed by atoms with E-state index in [0.29, 0.717) is 18.2 Å². The predicted octanol–water partition coefficient (Wildman–Crippen LogP) is 3.52. The second kappa shape index (κ2) is 7.85. The Morgan fingerprint density at radius 3 is 2.60 bits per heavy atom. The van der Waals surface area contributed by atoms with Crippen molar-refractivity contribution >= 4 is 5.69 Å². The van der Waals surface area contributed by atoms with Crippen molar-refractivity contribution in [3.05, 3.63) is 33.9 Å². The summed E-state index contributed by atoms with van der Waals surface area (Å²) >= 11 is 0. The highest BCUT2D eigenvalue weighted by atomic mass is 16.6. The van der Waals surface area contributed by atoms with Gasteiger partial charge in [0.2, 0.25) is 0 Å². The summed E-state index contributed by atoms with van der Waals surface area (Å²) in [5, 5.41) is 14.3. The summed E-state index contributed by atoms with van der Waals surface area (Å²) < 4.78 is 5.65. The van der Waals surface area contributed by atoms with E-state index in [4.69, 9.17) is 4.74 Å². The maximum Gasteiger partial charge on any atom is 0.310 e. The molecule has 1 N–H and O–H groups in total. The van der Waals surface area contributed by atoms with E-state index < -0.39 is 4.92 Å². The summed E-state index contributed by atoms with van der Waals surface area (Å²) in [7, 11) is 0. The zero-order valence-electron chi connectivity index (χ0n) is 12.7. The van der Waals surface area contributed by atoms with Crippen LogP contribution >= 0.6 is 0 Å². The van der Waals surface area contributed by atoms with Crippen molar-refractivity contribution < 1.29 is 9.66 Å². The van der Waals surface area contributed by atoms with E-state index in [1.54, 1.807) is 12.1 Å². The van der Waals surface area contributed by atoms with Crippen LogP contribution in [0.1, 0.15) is 39.7 Å². The minimum atomic E-state index is -0.400. The molecule has 0 aliphatic heterocycles. The largest absolute Gasteiger partial charge is 0.484 e. The number of rotatable bonds is 8. The zero-order valence-corrected chi connectivity index (χ0v) is 12.7. The first-order valence-electron chi connectivity index (χ1n) is 7.08. The van der Waals surface area contributed by atoms with Crippen molar-refractivity contribution in [2.75, 3.05) is 6.54 Å². The molecule has 0 amide bonds. The molecular formula is C15H24N2O3. The Hall–Kier alpha value is -1.62. The van der Waals surface area contributed by atoms with Crippen molar-refractivity contribution in [3.63, 3.8) is 0 Å². The van der Waals surface area contributed by atoms with Gasteiger partial charge in [-0.25, -0.2) is 0 Å². The Labute approximate surface area is 120 Å². The van der Waals surface area contributed by atoms with E-state index in [9.17, 15) is 10.1 Å². The Balaban J connectivity index is 2.83. The molecule has 0 aliphatic rings. The monoisotopic (exact) mass is 280 g/mol. The molecule has 5 heteroatoms. The van der Waals surface area contributed by atoms with Gasteiger partial charge in [-0.05, 0) is 37.4 Å². The highest BCUT2D eigenvalue weighted by molar-refractivity contribution is 5.48. The molecule has 0 aliphatic carbocycles. The van der Waals surface area contributed by atoms with Crippen LogP contribution in [0.5, 0.6) is 5.75 Å². The molecule has 112 valence electrons. The Kier molecular flexibility index (Phi) is 6.45. The smallest absolute Gasteiger partial charge is 0.310 e. The Bertz CT molecular complexity index is 447. The normalized spacial score (nSPS) is 12.4. The van der Waals surface area contributed by atoms with Crippen molar-refractivity contribution in [2.45, 2.75) is 46.8 Å². The molecule has 1 aromatic carbocycles. The number of ether oxygens (including phenoxy) is 1. The average Bonchev–Trinajstić information content (AvgIpc) is 2.38. The van der Waals surface area contributed by atoms with E-state index in [0.717, 1.165) is 18.5 Å².